The van der Waals surface area contributed by atoms with Gasteiger partial charge in [0, 0.05) is 11.7 Å². The van der Waals surface area contributed by atoms with Crippen LogP contribution in [0.3, 0.4) is 0 Å². The van der Waals surface area contributed by atoms with E-state index in [9.17, 15) is 4.79 Å². The van der Waals surface area contributed by atoms with Crippen LogP contribution in [-0.2, 0) is 0 Å². The number of carbonyl (C=O) groups excluding carboxylic acids is 1. The number of aromatic nitrogens is 1. The standard InChI is InChI=1S/C14H21N3O/c1-10-4-5-13(15-11(10)2)14(18)16-12-6-8-17(3)9-7-12/h4-5,12H,6-9H2,1-3H3,(H,16,18). The Morgan fingerprint density at radius 3 is 2.61 bits per heavy atom. The van der Waals surface area contributed by atoms with Crippen molar-refractivity contribution in [2.24, 2.45) is 0 Å². The third-order valence-electron chi connectivity index (χ3n) is 3.64. The normalized spacial score (nSPS) is 17.7. The van der Waals surface area contributed by atoms with E-state index in [1.54, 1.807) is 6.07 Å². The first-order valence-electron chi connectivity index (χ1n) is 6.50. The third kappa shape index (κ3) is 3.07. The second kappa shape index (κ2) is 5.48. The summed E-state index contributed by atoms with van der Waals surface area (Å²) in [5, 5.41) is 3.07. The van der Waals surface area contributed by atoms with Gasteiger partial charge in [-0.15, -0.1) is 0 Å². The van der Waals surface area contributed by atoms with E-state index in [0.717, 1.165) is 37.2 Å². The molecule has 1 aromatic rings. The Morgan fingerprint density at radius 2 is 2.00 bits per heavy atom. The van der Waals surface area contributed by atoms with Crippen LogP contribution in [0.25, 0.3) is 0 Å². The van der Waals surface area contributed by atoms with Crippen molar-refractivity contribution in [1.82, 2.24) is 15.2 Å². The fourth-order valence-electron chi connectivity index (χ4n) is 2.17. The molecule has 18 heavy (non-hydrogen) atoms. The number of nitrogens with one attached hydrogen (secondary N) is 1. The monoisotopic (exact) mass is 247 g/mol. The second-order valence-electron chi connectivity index (χ2n) is 5.15. The molecule has 0 aliphatic carbocycles. The van der Waals surface area contributed by atoms with Crippen LogP contribution in [-0.4, -0.2) is 42.0 Å². The average molecular weight is 247 g/mol. The molecule has 0 aromatic carbocycles. The first-order valence-corrected chi connectivity index (χ1v) is 6.50. The van der Waals surface area contributed by atoms with Crippen LogP contribution in [0.5, 0.6) is 0 Å². The molecular weight excluding hydrogens is 226 g/mol. The molecule has 4 nitrogen and oxygen atoms in total. The molecule has 1 aliphatic heterocycles. The maximum absolute atomic E-state index is 12.1. The van der Waals surface area contributed by atoms with E-state index in [2.05, 4.69) is 22.2 Å². The predicted octanol–water partition coefficient (Wildman–Crippen LogP) is 1.52. The van der Waals surface area contributed by atoms with Crippen LogP contribution in [0.1, 0.15) is 34.6 Å². The molecule has 1 fully saturated rings. The van der Waals surface area contributed by atoms with Gasteiger partial charge in [0.2, 0.25) is 0 Å². The highest BCUT2D eigenvalue weighted by Gasteiger charge is 2.19. The van der Waals surface area contributed by atoms with Crippen molar-refractivity contribution < 1.29 is 4.79 Å². The van der Waals surface area contributed by atoms with Crippen molar-refractivity contribution in [2.45, 2.75) is 32.7 Å². The maximum Gasteiger partial charge on any atom is 0.270 e. The number of pyridine rings is 1. The molecule has 1 saturated heterocycles. The van der Waals surface area contributed by atoms with Crippen molar-refractivity contribution in [3.63, 3.8) is 0 Å². The highest BCUT2D eigenvalue weighted by atomic mass is 16.1. The smallest absolute Gasteiger partial charge is 0.270 e. The Morgan fingerprint density at radius 1 is 1.33 bits per heavy atom. The highest BCUT2D eigenvalue weighted by Crippen LogP contribution is 2.10. The maximum atomic E-state index is 12.1. The van der Waals surface area contributed by atoms with Crippen LogP contribution in [0, 0.1) is 13.8 Å². The zero-order valence-electron chi connectivity index (χ0n) is 11.4. The van der Waals surface area contributed by atoms with Crippen LogP contribution in [0.2, 0.25) is 0 Å². The molecule has 0 spiro atoms. The predicted molar refractivity (Wildman–Crippen MR) is 71.7 cm³/mol. The molecule has 1 aromatic heterocycles. The summed E-state index contributed by atoms with van der Waals surface area (Å²) in [4.78, 5) is 18.7. The Kier molecular flexibility index (Phi) is 3.97. The lowest BCUT2D eigenvalue weighted by atomic mass is 10.1. The molecule has 1 aliphatic rings. The molecule has 4 heteroatoms. The zero-order chi connectivity index (χ0) is 13.1. The van der Waals surface area contributed by atoms with Gasteiger partial charge < -0.3 is 10.2 Å². The number of hydrogen-bond donors (Lipinski definition) is 1. The third-order valence-corrected chi connectivity index (χ3v) is 3.64. The van der Waals surface area contributed by atoms with Gasteiger partial charge in [-0.3, -0.25) is 4.79 Å². The second-order valence-corrected chi connectivity index (χ2v) is 5.15. The zero-order valence-corrected chi connectivity index (χ0v) is 11.4. The molecule has 1 N–H and O–H groups in total. The van der Waals surface area contributed by atoms with Gasteiger partial charge in [0.1, 0.15) is 5.69 Å². The van der Waals surface area contributed by atoms with E-state index in [4.69, 9.17) is 0 Å². The summed E-state index contributed by atoms with van der Waals surface area (Å²) in [6, 6.07) is 4.04. The van der Waals surface area contributed by atoms with Gasteiger partial charge in [-0.2, -0.15) is 0 Å². The molecule has 0 unspecified atom stereocenters. The average Bonchev–Trinajstić information content (AvgIpc) is 2.35. The van der Waals surface area contributed by atoms with E-state index in [1.165, 1.54) is 0 Å². The fourth-order valence-corrected chi connectivity index (χ4v) is 2.17. The molecule has 0 atom stereocenters. The Balaban J connectivity index is 1.97. The SMILES string of the molecule is Cc1ccc(C(=O)NC2CCN(C)CC2)nc1C. The number of rotatable bonds is 2. The fraction of sp³-hybridized carbons (Fsp3) is 0.571. The molecule has 0 saturated carbocycles. The van der Waals surface area contributed by atoms with Gasteiger partial charge in [0.15, 0.2) is 0 Å². The van der Waals surface area contributed by atoms with Crippen LogP contribution in [0.4, 0.5) is 0 Å². The van der Waals surface area contributed by atoms with E-state index < -0.39 is 0 Å². The van der Waals surface area contributed by atoms with Gasteiger partial charge in [0.25, 0.3) is 5.91 Å². The lowest BCUT2D eigenvalue weighted by Crippen LogP contribution is -2.43. The quantitative estimate of drug-likeness (QED) is 0.862. The van der Waals surface area contributed by atoms with Crippen LogP contribution < -0.4 is 5.32 Å². The van der Waals surface area contributed by atoms with Gasteiger partial charge in [-0.1, -0.05) is 6.07 Å². The summed E-state index contributed by atoms with van der Waals surface area (Å²) in [7, 11) is 2.11. The molecule has 1 amide bonds. The minimum absolute atomic E-state index is 0.0485. The summed E-state index contributed by atoms with van der Waals surface area (Å²) < 4.78 is 0. The van der Waals surface area contributed by atoms with Crippen LogP contribution in [0.15, 0.2) is 12.1 Å². The summed E-state index contributed by atoms with van der Waals surface area (Å²) in [5.74, 6) is -0.0485. The lowest BCUT2D eigenvalue weighted by molar-refractivity contribution is 0.0911. The summed E-state index contributed by atoms with van der Waals surface area (Å²) in [6.07, 6.45) is 2.04. The first-order chi connectivity index (χ1) is 8.56. The van der Waals surface area contributed by atoms with Crippen molar-refractivity contribution in [2.75, 3.05) is 20.1 Å². The van der Waals surface area contributed by atoms with Crippen molar-refractivity contribution >= 4 is 5.91 Å². The summed E-state index contributed by atoms with van der Waals surface area (Å²) >= 11 is 0. The lowest BCUT2D eigenvalue weighted by Gasteiger charge is -2.29. The molecule has 0 radical (unpaired) electrons. The number of likely N-dealkylation sites (tertiary alicyclic amines) is 1. The van der Waals surface area contributed by atoms with Crippen molar-refractivity contribution in [3.05, 3.63) is 29.1 Å². The van der Waals surface area contributed by atoms with E-state index in [1.807, 2.05) is 19.9 Å². The molecular formula is C14H21N3O. The number of aryl methyl sites for hydroxylation is 2. The summed E-state index contributed by atoms with van der Waals surface area (Å²) in [6.45, 7) is 6.03. The Hall–Kier alpha value is -1.42. The van der Waals surface area contributed by atoms with E-state index in [-0.39, 0.29) is 11.9 Å². The van der Waals surface area contributed by atoms with Gasteiger partial charge in [-0.25, -0.2) is 4.98 Å². The van der Waals surface area contributed by atoms with E-state index >= 15 is 0 Å². The Labute approximate surface area is 108 Å². The number of nitrogens with zero attached hydrogens (tertiary/aromatic N) is 2. The molecule has 98 valence electrons. The Bertz CT molecular complexity index is 437. The number of hydrogen-bond acceptors (Lipinski definition) is 3. The minimum atomic E-state index is -0.0485. The van der Waals surface area contributed by atoms with E-state index in [0.29, 0.717) is 5.69 Å². The van der Waals surface area contributed by atoms with Crippen molar-refractivity contribution in [1.29, 1.82) is 0 Å². The highest BCUT2D eigenvalue weighted by molar-refractivity contribution is 5.92. The van der Waals surface area contributed by atoms with Gasteiger partial charge >= 0.3 is 0 Å². The largest absolute Gasteiger partial charge is 0.348 e. The molecule has 2 heterocycles. The topological polar surface area (TPSA) is 45.2 Å². The number of amides is 1. The van der Waals surface area contributed by atoms with Gasteiger partial charge in [-0.05, 0) is 58.5 Å². The first kappa shape index (κ1) is 13.0. The van der Waals surface area contributed by atoms with Crippen molar-refractivity contribution in [3.8, 4) is 0 Å². The molecule has 0 bridgehead atoms. The van der Waals surface area contributed by atoms with Gasteiger partial charge in [0.05, 0.1) is 0 Å². The number of piperidine rings is 1. The minimum Gasteiger partial charge on any atom is -0.348 e. The summed E-state index contributed by atoms with van der Waals surface area (Å²) in [5.41, 5.74) is 2.56. The molecule has 2 rings (SSSR count). The van der Waals surface area contributed by atoms with Crippen LogP contribution >= 0.6 is 0 Å². The number of carbonyl (C=O) groups is 1.